The topological polar surface area (TPSA) is 71.9 Å². The quantitative estimate of drug-likeness (QED) is 0.883. The van der Waals surface area contributed by atoms with E-state index < -0.39 is 0 Å². The van der Waals surface area contributed by atoms with E-state index in [1.165, 1.54) is 0 Å². The summed E-state index contributed by atoms with van der Waals surface area (Å²) in [6.07, 6.45) is 1.43. The van der Waals surface area contributed by atoms with Gasteiger partial charge >= 0.3 is 6.09 Å². The Morgan fingerprint density at radius 2 is 2.21 bits per heavy atom. The molecule has 1 aliphatic heterocycles. The van der Waals surface area contributed by atoms with E-state index in [4.69, 9.17) is 14.9 Å². The maximum Gasteiger partial charge on any atom is 0.409 e. The van der Waals surface area contributed by atoms with Gasteiger partial charge in [-0.1, -0.05) is 0 Å². The van der Waals surface area contributed by atoms with E-state index >= 15 is 0 Å². The molecule has 0 aliphatic carbocycles. The number of nitrogens with two attached hydrogens (primary N) is 1. The Hall–Kier alpha value is -1.53. The highest BCUT2D eigenvalue weighted by Gasteiger charge is 2.27. The van der Waals surface area contributed by atoms with Gasteiger partial charge in [0.15, 0.2) is 0 Å². The number of rotatable bonds is 4. The number of hydrogen-bond donors (Lipinski definition) is 1. The molecule has 1 aromatic heterocycles. The van der Waals surface area contributed by atoms with Crippen molar-refractivity contribution in [1.29, 1.82) is 0 Å². The van der Waals surface area contributed by atoms with Crippen LogP contribution < -0.4 is 5.73 Å². The molecule has 0 bridgehead atoms. The summed E-state index contributed by atoms with van der Waals surface area (Å²) in [6, 6.07) is 3.89. The van der Waals surface area contributed by atoms with Gasteiger partial charge in [0, 0.05) is 32.7 Å². The van der Waals surface area contributed by atoms with Crippen molar-refractivity contribution in [2.75, 3.05) is 39.3 Å². The SMILES string of the molecule is CCOC(=O)N1CCN(C(CN)c2ccco2)CC1. The van der Waals surface area contributed by atoms with E-state index in [-0.39, 0.29) is 12.1 Å². The Morgan fingerprint density at radius 1 is 1.47 bits per heavy atom. The van der Waals surface area contributed by atoms with Gasteiger partial charge in [-0.2, -0.15) is 0 Å². The van der Waals surface area contributed by atoms with Crippen molar-refractivity contribution in [3.8, 4) is 0 Å². The lowest BCUT2D eigenvalue weighted by Gasteiger charge is -2.37. The number of piperazine rings is 1. The van der Waals surface area contributed by atoms with Crippen molar-refractivity contribution in [2.24, 2.45) is 5.73 Å². The van der Waals surface area contributed by atoms with Gasteiger partial charge in [0.1, 0.15) is 5.76 Å². The number of furan rings is 1. The average Bonchev–Trinajstić information content (AvgIpc) is 2.95. The van der Waals surface area contributed by atoms with E-state index in [1.807, 2.05) is 19.1 Å². The lowest BCUT2D eigenvalue weighted by atomic mass is 10.1. The predicted octanol–water partition coefficient (Wildman–Crippen LogP) is 1.05. The van der Waals surface area contributed by atoms with E-state index in [1.54, 1.807) is 11.2 Å². The van der Waals surface area contributed by atoms with Crippen molar-refractivity contribution in [2.45, 2.75) is 13.0 Å². The number of hydrogen-bond acceptors (Lipinski definition) is 5. The highest BCUT2D eigenvalue weighted by Crippen LogP contribution is 2.21. The molecular formula is C13H21N3O3. The molecule has 1 unspecified atom stereocenters. The van der Waals surface area contributed by atoms with Crippen LogP contribution in [0, 0.1) is 0 Å². The number of amides is 1. The van der Waals surface area contributed by atoms with E-state index in [9.17, 15) is 4.79 Å². The standard InChI is InChI=1S/C13H21N3O3/c1-2-18-13(17)16-7-5-15(6-8-16)11(10-14)12-4-3-9-19-12/h3-4,9,11H,2,5-8,10,14H2,1H3. The molecule has 2 rings (SSSR count). The number of ether oxygens (including phenoxy) is 1. The summed E-state index contributed by atoms with van der Waals surface area (Å²) in [5, 5.41) is 0. The van der Waals surface area contributed by atoms with Gasteiger partial charge in [0.25, 0.3) is 0 Å². The van der Waals surface area contributed by atoms with Gasteiger partial charge < -0.3 is 19.8 Å². The first-order chi connectivity index (χ1) is 9.26. The third kappa shape index (κ3) is 3.27. The summed E-state index contributed by atoms with van der Waals surface area (Å²) in [5.74, 6) is 0.882. The van der Waals surface area contributed by atoms with Crippen molar-refractivity contribution in [3.63, 3.8) is 0 Å². The highest BCUT2D eigenvalue weighted by molar-refractivity contribution is 5.67. The van der Waals surface area contributed by atoms with Crippen LogP contribution >= 0.6 is 0 Å². The minimum absolute atomic E-state index is 0.0827. The van der Waals surface area contributed by atoms with Crippen LogP contribution in [0.15, 0.2) is 22.8 Å². The normalized spacial score (nSPS) is 18.3. The van der Waals surface area contributed by atoms with Crippen LogP contribution in [-0.4, -0.2) is 55.2 Å². The predicted molar refractivity (Wildman–Crippen MR) is 70.7 cm³/mol. The Bertz CT molecular complexity index is 386. The van der Waals surface area contributed by atoms with E-state index in [0.717, 1.165) is 18.8 Å². The second-order valence-electron chi connectivity index (χ2n) is 4.49. The monoisotopic (exact) mass is 267 g/mol. The Morgan fingerprint density at radius 3 is 2.74 bits per heavy atom. The smallest absolute Gasteiger partial charge is 0.409 e. The zero-order valence-electron chi connectivity index (χ0n) is 11.2. The van der Waals surface area contributed by atoms with Crippen molar-refractivity contribution in [3.05, 3.63) is 24.2 Å². The molecule has 1 atom stereocenters. The lowest BCUT2D eigenvalue weighted by Crippen LogP contribution is -2.50. The number of carbonyl (C=O) groups excluding carboxylic acids is 1. The third-order valence-corrected chi connectivity index (χ3v) is 3.38. The number of nitrogens with zero attached hydrogens (tertiary/aromatic N) is 2. The van der Waals surface area contributed by atoms with Gasteiger partial charge in [-0.3, -0.25) is 4.90 Å². The minimum Gasteiger partial charge on any atom is -0.468 e. The first-order valence-electron chi connectivity index (χ1n) is 6.65. The van der Waals surface area contributed by atoms with Gasteiger partial charge in [-0.15, -0.1) is 0 Å². The molecule has 1 aromatic rings. The molecule has 0 radical (unpaired) electrons. The van der Waals surface area contributed by atoms with Crippen molar-refractivity contribution in [1.82, 2.24) is 9.80 Å². The maximum absolute atomic E-state index is 11.6. The molecule has 6 heteroatoms. The molecule has 2 heterocycles. The molecule has 1 amide bonds. The lowest BCUT2D eigenvalue weighted by molar-refractivity contribution is 0.0633. The first-order valence-corrected chi connectivity index (χ1v) is 6.65. The molecule has 1 saturated heterocycles. The van der Waals surface area contributed by atoms with E-state index in [2.05, 4.69) is 4.90 Å². The highest BCUT2D eigenvalue weighted by atomic mass is 16.6. The van der Waals surface area contributed by atoms with Gasteiger partial charge in [0.2, 0.25) is 0 Å². The fourth-order valence-corrected chi connectivity index (χ4v) is 2.36. The van der Waals surface area contributed by atoms with Crippen molar-refractivity contribution >= 4 is 6.09 Å². The largest absolute Gasteiger partial charge is 0.468 e. The molecule has 1 aliphatic rings. The molecular weight excluding hydrogens is 246 g/mol. The zero-order valence-corrected chi connectivity index (χ0v) is 11.2. The Balaban J connectivity index is 1.90. The summed E-state index contributed by atoms with van der Waals surface area (Å²) in [7, 11) is 0. The second kappa shape index (κ2) is 6.58. The van der Waals surface area contributed by atoms with Crippen LogP contribution in [0.2, 0.25) is 0 Å². The molecule has 19 heavy (non-hydrogen) atoms. The zero-order chi connectivity index (χ0) is 13.7. The molecule has 0 aromatic carbocycles. The molecule has 6 nitrogen and oxygen atoms in total. The molecule has 106 valence electrons. The molecule has 2 N–H and O–H groups in total. The minimum atomic E-state index is -0.232. The third-order valence-electron chi connectivity index (χ3n) is 3.38. The second-order valence-corrected chi connectivity index (χ2v) is 4.49. The summed E-state index contributed by atoms with van der Waals surface area (Å²) in [4.78, 5) is 15.6. The fraction of sp³-hybridized carbons (Fsp3) is 0.615. The Labute approximate surface area is 113 Å². The van der Waals surface area contributed by atoms with E-state index in [0.29, 0.717) is 26.2 Å². The van der Waals surface area contributed by atoms with Crippen LogP contribution in [0.5, 0.6) is 0 Å². The van der Waals surface area contributed by atoms with Crippen LogP contribution in [0.25, 0.3) is 0 Å². The molecule has 0 spiro atoms. The van der Waals surface area contributed by atoms with Gasteiger partial charge in [-0.05, 0) is 19.1 Å². The summed E-state index contributed by atoms with van der Waals surface area (Å²) < 4.78 is 10.4. The molecule has 0 saturated carbocycles. The van der Waals surface area contributed by atoms with Gasteiger partial charge in [0.05, 0.1) is 18.9 Å². The summed E-state index contributed by atoms with van der Waals surface area (Å²) in [5.41, 5.74) is 5.83. The molecule has 1 fully saturated rings. The van der Waals surface area contributed by atoms with Crippen LogP contribution in [0.4, 0.5) is 4.79 Å². The van der Waals surface area contributed by atoms with Crippen LogP contribution in [0.3, 0.4) is 0 Å². The fourth-order valence-electron chi connectivity index (χ4n) is 2.36. The van der Waals surface area contributed by atoms with Crippen LogP contribution in [0.1, 0.15) is 18.7 Å². The number of carbonyl (C=O) groups is 1. The Kier molecular flexibility index (Phi) is 4.81. The first kappa shape index (κ1) is 13.9. The van der Waals surface area contributed by atoms with Crippen LogP contribution in [-0.2, 0) is 4.74 Å². The van der Waals surface area contributed by atoms with Crippen molar-refractivity contribution < 1.29 is 13.9 Å². The average molecular weight is 267 g/mol. The summed E-state index contributed by atoms with van der Waals surface area (Å²) >= 11 is 0. The van der Waals surface area contributed by atoms with Gasteiger partial charge in [-0.25, -0.2) is 4.79 Å². The maximum atomic E-state index is 11.6. The summed E-state index contributed by atoms with van der Waals surface area (Å²) in [6.45, 7) is 5.62.